The lowest BCUT2D eigenvalue weighted by atomic mass is 9.84. The Labute approximate surface area is 165 Å². The van der Waals surface area contributed by atoms with Crippen LogP contribution in [-0.2, 0) is 0 Å². The van der Waals surface area contributed by atoms with Crippen LogP contribution in [0.25, 0.3) is 0 Å². The van der Waals surface area contributed by atoms with E-state index in [9.17, 15) is 4.79 Å². The normalized spacial score (nSPS) is 16.8. The molecule has 0 bridgehead atoms. The molecule has 0 spiro atoms. The number of rotatable bonds is 5. The van der Waals surface area contributed by atoms with Crippen LogP contribution in [0.15, 0.2) is 89.9 Å². The molecule has 0 aromatic heterocycles. The lowest BCUT2D eigenvalue weighted by Gasteiger charge is -2.21. The third-order valence-electron chi connectivity index (χ3n) is 5.23. The van der Waals surface area contributed by atoms with Gasteiger partial charge < -0.3 is 0 Å². The summed E-state index contributed by atoms with van der Waals surface area (Å²) in [7, 11) is 0. The first-order chi connectivity index (χ1) is 13.8. The fourth-order valence-electron chi connectivity index (χ4n) is 3.80. The Hall–Kier alpha value is -3.51. The molecule has 0 saturated heterocycles. The third kappa shape index (κ3) is 3.63. The third-order valence-corrected chi connectivity index (χ3v) is 5.23. The highest BCUT2D eigenvalue weighted by molar-refractivity contribution is 6.04. The molecule has 3 nitrogen and oxygen atoms in total. The Bertz CT molecular complexity index is 1030. The average Bonchev–Trinajstić information content (AvgIpc) is 3.25. The number of nitrogens with zero attached hydrogens (tertiary/aromatic N) is 2. The molecule has 1 unspecified atom stereocenters. The second-order valence-corrected chi connectivity index (χ2v) is 6.99. The zero-order valence-corrected chi connectivity index (χ0v) is 15.5. The summed E-state index contributed by atoms with van der Waals surface area (Å²) in [5.41, 5.74) is 4.36. The molecule has 0 radical (unpaired) electrons. The molecule has 28 heavy (non-hydrogen) atoms. The summed E-state index contributed by atoms with van der Waals surface area (Å²) >= 11 is 0. The molecule has 2 atom stereocenters. The van der Waals surface area contributed by atoms with Crippen LogP contribution < -0.4 is 0 Å². The van der Waals surface area contributed by atoms with Gasteiger partial charge in [0.2, 0.25) is 0 Å². The molecule has 3 aromatic carbocycles. The quantitative estimate of drug-likeness (QED) is 0.586. The van der Waals surface area contributed by atoms with Crippen LogP contribution in [0.3, 0.4) is 0 Å². The summed E-state index contributed by atoms with van der Waals surface area (Å²) in [6.45, 7) is 0. The van der Waals surface area contributed by atoms with Gasteiger partial charge in [-0.05, 0) is 36.1 Å². The highest BCUT2D eigenvalue weighted by Crippen LogP contribution is 2.33. The number of hydrogen-bond acceptors (Lipinski definition) is 3. The van der Waals surface area contributed by atoms with Gasteiger partial charge in [0.1, 0.15) is 0 Å². The molecule has 4 rings (SSSR count). The lowest BCUT2D eigenvalue weighted by molar-refractivity contribution is 0.0947. The van der Waals surface area contributed by atoms with Crippen LogP contribution in [0.4, 0.5) is 0 Å². The zero-order chi connectivity index (χ0) is 19.3. The molecule has 3 aromatic rings. The Balaban J connectivity index is 1.70. The van der Waals surface area contributed by atoms with Crippen LogP contribution in [0.2, 0.25) is 0 Å². The van der Waals surface area contributed by atoms with Gasteiger partial charge in [-0.15, -0.1) is 0 Å². The van der Waals surface area contributed by atoms with Crippen molar-refractivity contribution in [3.8, 4) is 6.07 Å². The van der Waals surface area contributed by atoms with Gasteiger partial charge in [-0.1, -0.05) is 72.8 Å². The van der Waals surface area contributed by atoms with Crippen molar-refractivity contribution in [3.05, 3.63) is 107 Å². The molecule has 0 saturated carbocycles. The molecule has 1 heterocycles. The standard InChI is InChI=1S/C25H20N2O/c26-17-18-11-13-21(14-12-18)25(28)24(20-9-5-2-6-10-20)23-16-15-22(27-23)19-7-3-1-4-8-19/h1-14,23-24H,15-16H2/t23?,24-/m1/s1. The number of carbonyl (C=O) groups excluding carboxylic acids is 1. The maximum atomic E-state index is 13.4. The smallest absolute Gasteiger partial charge is 0.172 e. The molecule has 1 aliphatic heterocycles. The minimum atomic E-state index is -0.324. The average molecular weight is 364 g/mol. The first-order valence-corrected chi connectivity index (χ1v) is 9.47. The Morgan fingerprint density at radius 1 is 0.929 bits per heavy atom. The van der Waals surface area contributed by atoms with Gasteiger partial charge in [0, 0.05) is 11.3 Å². The Kier molecular flexibility index (Phi) is 5.12. The predicted octanol–water partition coefficient (Wildman–Crippen LogP) is 5.18. The number of hydrogen-bond donors (Lipinski definition) is 0. The first-order valence-electron chi connectivity index (χ1n) is 9.47. The van der Waals surface area contributed by atoms with Crippen LogP contribution >= 0.6 is 0 Å². The van der Waals surface area contributed by atoms with E-state index in [4.69, 9.17) is 10.3 Å². The predicted molar refractivity (Wildman–Crippen MR) is 111 cm³/mol. The van der Waals surface area contributed by atoms with Crippen molar-refractivity contribution in [2.45, 2.75) is 24.8 Å². The molecule has 0 N–H and O–H groups in total. The highest BCUT2D eigenvalue weighted by Gasteiger charge is 2.33. The lowest BCUT2D eigenvalue weighted by Crippen LogP contribution is -2.24. The molecular formula is C25H20N2O. The fourth-order valence-corrected chi connectivity index (χ4v) is 3.80. The van der Waals surface area contributed by atoms with Gasteiger partial charge in [0.25, 0.3) is 0 Å². The summed E-state index contributed by atoms with van der Waals surface area (Å²) in [6.07, 6.45) is 1.73. The molecular weight excluding hydrogens is 344 g/mol. The van der Waals surface area contributed by atoms with E-state index in [1.165, 1.54) is 0 Å². The van der Waals surface area contributed by atoms with E-state index in [0.717, 1.165) is 29.7 Å². The maximum Gasteiger partial charge on any atom is 0.172 e. The van der Waals surface area contributed by atoms with E-state index in [-0.39, 0.29) is 17.7 Å². The van der Waals surface area contributed by atoms with Crippen LogP contribution in [0, 0.1) is 11.3 Å². The largest absolute Gasteiger partial charge is 0.293 e. The van der Waals surface area contributed by atoms with Crippen molar-refractivity contribution in [2.75, 3.05) is 0 Å². The van der Waals surface area contributed by atoms with Gasteiger partial charge in [0.15, 0.2) is 5.78 Å². The Morgan fingerprint density at radius 2 is 1.57 bits per heavy atom. The van der Waals surface area contributed by atoms with E-state index < -0.39 is 0 Å². The van der Waals surface area contributed by atoms with E-state index in [1.54, 1.807) is 24.3 Å². The topological polar surface area (TPSA) is 53.2 Å². The number of Topliss-reactive ketones (excluding diaryl/α,β-unsaturated/α-hetero) is 1. The molecule has 0 aliphatic carbocycles. The summed E-state index contributed by atoms with van der Waals surface area (Å²) in [6, 6.07) is 29.0. The van der Waals surface area contributed by atoms with Crippen LogP contribution in [-0.4, -0.2) is 17.5 Å². The van der Waals surface area contributed by atoms with Crippen molar-refractivity contribution in [3.63, 3.8) is 0 Å². The van der Waals surface area contributed by atoms with Crippen molar-refractivity contribution >= 4 is 11.5 Å². The molecule has 136 valence electrons. The van der Waals surface area contributed by atoms with E-state index in [0.29, 0.717) is 11.1 Å². The minimum Gasteiger partial charge on any atom is -0.293 e. The number of carbonyl (C=O) groups is 1. The first kappa shape index (κ1) is 17.9. The van der Waals surface area contributed by atoms with E-state index in [1.807, 2.05) is 48.5 Å². The number of nitriles is 1. The number of ketones is 1. The van der Waals surface area contributed by atoms with Crippen LogP contribution in [0.5, 0.6) is 0 Å². The van der Waals surface area contributed by atoms with Crippen molar-refractivity contribution in [1.82, 2.24) is 0 Å². The van der Waals surface area contributed by atoms with Crippen LogP contribution in [0.1, 0.15) is 45.8 Å². The van der Waals surface area contributed by atoms with Gasteiger partial charge in [0.05, 0.1) is 23.6 Å². The van der Waals surface area contributed by atoms with Crippen molar-refractivity contribution in [2.24, 2.45) is 4.99 Å². The minimum absolute atomic E-state index is 0.0544. The number of benzene rings is 3. The summed E-state index contributed by atoms with van der Waals surface area (Å²) < 4.78 is 0. The van der Waals surface area contributed by atoms with Gasteiger partial charge in [-0.25, -0.2) is 0 Å². The van der Waals surface area contributed by atoms with E-state index in [2.05, 4.69) is 18.2 Å². The maximum absolute atomic E-state index is 13.4. The highest BCUT2D eigenvalue weighted by atomic mass is 16.1. The summed E-state index contributed by atoms with van der Waals surface area (Å²) in [4.78, 5) is 18.4. The van der Waals surface area contributed by atoms with Crippen molar-refractivity contribution < 1.29 is 4.79 Å². The Morgan fingerprint density at radius 3 is 2.21 bits per heavy atom. The van der Waals surface area contributed by atoms with E-state index >= 15 is 0 Å². The van der Waals surface area contributed by atoms with Crippen molar-refractivity contribution in [1.29, 1.82) is 5.26 Å². The monoisotopic (exact) mass is 364 g/mol. The molecule has 0 amide bonds. The SMILES string of the molecule is N#Cc1ccc(C(=O)[C@H](c2ccccc2)C2CCC(c3ccccc3)=N2)cc1. The summed E-state index contributed by atoms with van der Waals surface area (Å²) in [5, 5.41) is 9.01. The van der Waals surface area contributed by atoms with Gasteiger partial charge in [-0.2, -0.15) is 5.26 Å². The van der Waals surface area contributed by atoms with Gasteiger partial charge >= 0.3 is 0 Å². The molecule has 0 fully saturated rings. The summed E-state index contributed by atoms with van der Waals surface area (Å²) in [5.74, 6) is -0.269. The zero-order valence-electron chi connectivity index (χ0n) is 15.5. The second-order valence-electron chi connectivity index (χ2n) is 6.99. The fraction of sp³-hybridized carbons (Fsp3) is 0.160. The van der Waals surface area contributed by atoms with Gasteiger partial charge in [-0.3, -0.25) is 9.79 Å². The molecule has 1 aliphatic rings. The molecule has 3 heteroatoms. The second kappa shape index (κ2) is 8.02. The number of aliphatic imine (C=N–C) groups is 1.